The summed E-state index contributed by atoms with van der Waals surface area (Å²) in [6.45, 7) is 6.04. The Hall–Kier alpha value is -3.95. The summed E-state index contributed by atoms with van der Waals surface area (Å²) >= 11 is 0. The van der Waals surface area contributed by atoms with E-state index in [2.05, 4.69) is 34.9 Å². The van der Waals surface area contributed by atoms with Gasteiger partial charge in [-0.3, -0.25) is 9.59 Å². The monoisotopic (exact) mass is 575 g/mol. The first-order chi connectivity index (χ1) is 20.1. The fraction of sp³-hybridized carbons (Fsp3) is 0.424. The van der Waals surface area contributed by atoms with Gasteiger partial charge in [0.2, 0.25) is 5.91 Å². The molecule has 1 aliphatic rings. The number of carbonyl (C=O) groups is 3. The summed E-state index contributed by atoms with van der Waals surface area (Å²) in [6, 6.07) is 22.0. The number of rotatable bonds is 11. The highest BCUT2D eigenvalue weighted by atomic mass is 16.6. The second kappa shape index (κ2) is 14.3. The minimum Gasteiger partial charge on any atom is -0.444 e. The second-order valence-corrected chi connectivity index (χ2v) is 11.6. The van der Waals surface area contributed by atoms with Gasteiger partial charge >= 0.3 is 6.09 Å². The van der Waals surface area contributed by atoms with Gasteiger partial charge in [-0.1, -0.05) is 72.8 Å². The maximum Gasteiger partial charge on any atom is 0.408 e. The Kier molecular flexibility index (Phi) is 10.5. The summed E-state index contributed by atoms with van der Waals surface area (Å²) in [5, 5.41) is 19.0. The van der Waals surface area contributed by atoms with E-state index in [4.69, 9.17) is 9.47 Å². The molecule has 224 valence electrons. The molecule has 0 bridgehead atoms. The molecule has 9 nitrogen and oxygen atoms in total. The van der Waals surface area contributed by atoms with Crippen molar-refractivity contribution in [3.63, 3.8) is 0 Å². The van der Waals surface area contributed by atoms with E-state index >= 15 is 0 Å². The average molecular weight is 576 g/mol. The maximum absolute atomic E-state index is 13.5. The van der Waals surface area contributed by atoms with Crippen LogP contribution in [-0.4, -0.2) is 71.4 Å². The van der Waals surface area contributed by atoms with Crippen LogP contribution in [0.1, 0.15) is 44.7 Å². The molecule has 0 aromatic heterocycles. The van der Waals surface area contributed by atoms with Crippen LogP contribution in [0.25, 0.3) is 10.8 Å². The second-order valence-electron chi connectivity index (χ2n) is 11.6. The molecule has 0 spiro atoms. The number of fused-ring (bicyclic) bond motifs is 1. The number of hydrogen-bond donors (Lipinski definition) is 3. The fourth-order valence-electron chi connectivity index (χ4n) is 5.04. The first kappa shape index (κ1) is 31.0. The SMILES string of the molecule is CC(C)(C)OC(=O)N[C@@H](COCc1ccccc1)C(O)C(=O)N1CCC[C@H]1C(=O)NCCc1ccc2ccccc2c1. The van der Waals surface area contributed by atoms with E-state index in [-0.39, 0.29) is 19.1 Å². The molecule has 3 aromatic carbocycles. The van der Waals surface area contributed by atoms with Crippen molar-refractivity contribution in [2.75, 3.05) is 19.7 Å². The number of hydrogen-bond acceptors (Lipinski definition) is 6. The average Bonchev–Trinajstić information content (AvgIpc) is 3.46. The van der Waals surface area contributed by atoms with E-state index in [0.29, 0.717) is 32.4 Å². The van der Waals surface area contributed by atoms with Gasteiger partial charge in [-0.2, -0.15) is 0 Å². The highest BCUT2D eigenvalue weighted by molar-refractivity contribution is 5.90. The van der Waals surface area contributed by atoms with Crippen molar-refractivity contribution < 1.29 is 29.0 Å². The van der Waals surface area contributed by atoms with Crippen LogP contribution in [-0.2, 0) is 32.1 Å². The third-order valence-electron chi connectivity index (χ3n) is 7.11. The largest absolute Gasteiger partial charge is 0.444 e. The van der Waals surface area contributed by atoms with Gasteiger partial charge in [-0.25, -0.2) is 4.79 Å². The lowest BCUT2D eigenvalue weighted by molar-refractivity contribution is -0.147. The van der Waals surface area contributed by atoms with Gasteiger partial charge in [0.1, 0.15) is 11.6 Å². The minimum atomic E-state index is -1.63. The first-order valence-electron chi connectivity index (χ1n) is 14.5. The molecule has 0 aliphatic carbocycles. The zero-order valence-electron chi connectivity index (χ0n) is 24.5. The molecule has 1 unspecified atom stereocenters. The summed E-state index contributed by atoms with van der Waals surface area (Å²) < 4.78 is 11.1. The van der Waals surface area contributed by atoms with E-state index in [1.807, 2.05) is 48.5 Å². The number of aliphatic hydroxyl groups is 1. The van der Waals surface area contributed by atoms with Crippen LogP contribution in [0.5, 0.6) is 0 Å². The molecular formula is C33H41N3O6. The van der Waals surface area contributed by atoms with Crippen molar-refractivity contribution in [2.24, 2.45) is 0 Å². The molecule has 0 radical (unpaired) electrons. The summed E-state index contributed by atoms with van der Waals surface area (Å²) in [7, 11) is 0. The van der Waals surface area contributed by atoms with Crippen LogP contribution in [0.15, 0.2) is 72.8 Å². The van der Waals surface area contributed by atoms with Crippen LogP contribution in [0.4, 0.5) is 4.79 Å². The van der Waals surface area contributed by atoms with Crippen molar-refractivity contribution in [3.8, 4) is 0 Å². The van der Waals surface area contributed by atoms with E-state index in [0.717, 1.165) is 21.9 Å². The molecule has 1 fully saturated rings. The number of alkyl carbamates (subject to hydrolysis) is 1. The lowest BCUT2D eigenvalue weighted by Gasteiger charge is -2.30. The summed E-state index contributed by atoms with van der Waals surface area (Å²) in [6.07, 6.45) is -0.614. The van der Waals surface area contributed by atoms with E-state index in [1.165, 1.54) is 4.90 Å². The molecule has 0 saturated carbocycles. The molecule has 3 aromatic rings. The highest BCUT2D eigenvalue weighted by Crippen LogP contribution is 2.20. The standard InChI is InChI=1S/C33H41N3O6/c1-33(2,3)42-32(40)35-27(22-41-21-24-10-5-4-6-11-24)29(37)31(39)36-19-9-14-28(36)30(38)34-18-17-23-15-16-25-12-7-8-13-26(25)20-23/h4-8,10-13,15-16,20,27-29,37H,9,14,17-19,21-22H2,1-3H3,(H,34,38)(H,35,40)/t27-,28-,29?/m0/s1. The third-order valence-corrected chi connectivity index (χ3v) is 7.11. The van der Waals surface area contributed by atoms with E-state index in [9.17, 15) is 19.5 Å². The number of ether oxygens (including phenoxy) is 2. The van der Waals surface area contributed by atoms with Crippen LogP contribution in [0.3, 0.4) is 0 Å². The zero-order chi connectivity index (χ0) is 30.1. The molecule has 3 amide bonds. The quantitative estimate of drug-likeness (QED) is 0.319. The molecule has 42 heavy (non-hydrogen) atoms. The number of nitrogens with zero attached hydrogens (tertiary/aromatic N) is 1. The van der Waals surface area contributed by atoms with Crippen molar-refractivity contribution in [1.29, 1.82) is 0 Å². The summed E-state index contributed by atoms with van der Waals surface area (Å²) in [5.41, 5.74) is 1.25. The van der Waals surface area contributed by atoms with Gasteiger partial charge in [-0.15, -0.1) is 0 Å². The Morgan fingerprint density at radius 3 is 2.43 bits per heavy atom. The lowest BCUT2D eigenvalue weighted by atomic mass is 10.1. The Morgan fingerprint density at radius 1 is 0.976 bits per heavy atom. The molecule has 1 saturated heterocycles. The van der Waals surface area contributed by atoms with Crippen molar-refractivity contribution in [1.82, 2.24) is 15.5 Å². The first-order valence-corrected chi connectivity index (χ1v) is 14.5. The van der Waals surface area contributed by atoms with Crippen molar-refractivity contribution in [2.45, 2.75) is 70.4 Å². The van der Waals surface area contributed by atoms with Crippen LogP contribution >= 0.6 is 0 Å². The summed E-state index contributed by atoms with van der Waals surface area (Å²) in [4.78, 5) is 40.5. The van der Waals surface area contributed by atoms with E-state index < -0.39 is 35.8 Å². The maximum atomic E-state index is 13.5. The Morgan fingerprint density at radius 2 is 1.69 bits per heavy atom. The fourth-order valence-corrected chi connectivity index (χ4v) is 5.04. The Balaban J connectivity index is 1.35. The highest BCUT2D eigenvalue weighted by Gasteiger charge is 2.40. The van der Waals surface area contributed by atoms with Crippen LogP contribution < -0.4 is 10.6 Å². The number of aliphatic hydroxyl groups excluding tert-OH is 1. The van der Waals surface area contributed by atoms with Gasteiger partial charge in [0.15, 0.2) is 6.10 Å². The summed E-state index contributed by atoms with van der Waals surface area (Å²) in [5.74, 6) is -0.891. The van der Waals surface area contributed by atoms with Gasteiger partial charge in [-0.05, 0) is 61.9 Å². The molecule has 9 heteroatoms. The minimum absolute atomic E-state index is 0.127. The molecule has 1 aliphatic heterocycles. The predicted molar refractivity (Wildman–Crippen MR) is 161 cm³/mol. The normalized spacial score (nSPS) is 16.6. The number of amides is 3. The molecule has 3 atom stereocenters. The van der Waals surface area contributed by atoms with Crippen molar-refractivity contribution in [3.05, 3.63) is 83.9 Å². The number of likely N-dealkylation sites (tertiary alicyclic amines) is 1. The van der Waals surface area contributed by atoms with Crippen LogP contribution in [0, 0.1) is 0 Å². The zero-order valence-corrected chi connectivity index (χ0v) is 24.5. The topological polar surface area (TPSA) is 117 Å². The predicted octanol–water partition coefficient (Wildman–Crippen LogP) is 3.96. The third kappa shape index (κ3) is 8.77. The van der Waals surface area contributed by atoms with Crippen LogP contribution in [0.2, 0.25) is 0 Å². The van der Waals surface area contributed by atoms with Gasteiger partial charge in [0.25, 0.3) is 5.91 Å². The van der Waals surface area contributed by atoms with Gasteiger partial charge in [0, 0.05) is 13.1 Å². The molecular weight excluding hydrogens is 534 g/mol. The van der Waals surface area contributed by atoms with E-state index in [1.54, 1.807) is 20.8 Å². The smallest absolute Gasteiger partial charge is 0.408 e. The van der Waals surface area contributed by atoms with Crippen molar-refractivity contribution >= 4 is 28.7 Å². The Labute approximate surface area is 247 Å². The Bertz CT molecular complexity index is 1360. The number of nitrogens with one attached hydrogen (secondary N) is 2. The van der Waals surface area contributed by atoms with Gasteiger partial charge in [0.05, 0.1) is 19.3 Å². The number of benzene rings is 3. The lowest BCUT2D eigenvalue weighted by Crippen LogP contribution is -2.57. The molecule has 4 rings (SSSR count). The van der Waals surface area contributed by atoms with Gasteiger partial charge < -0.3 is 30.1 Å². The molecule has 1 heterocycles. The number of carbonyl (C=O) groups excluding carboxylic acids is 3. The molecule has 3 N–H and O–H groups in total.